The molecule has 1 nitrogen and oxygen atoms in total. The molecule has 1 N–H and O–H groups in total. The van der Waals surface area contributed by atoms with Crippen LogP contribution in [0.2, 0.25) is 0 Å². The molecule has 0 aromatic heterocycles. The van der Waals surface area contributed by atoms with Crippen LogP contribution in [0.3, 0.4) is 0 Å². The molecule has 0 bridgehead atoms. The fourth-order valence-corrected chi connectivity index (χ4v) is 2.00. The summed E-state index contributed by atoms with van der Waals surface area (Å²) in [6, 6.07) is 5.93. The quantitative estimate of drug-likeness (QED) is 0.807. The smallest absolute Gasteiger partial charge is 0.126 e. The van der Waals surface area contributed by atoms with Crippen molar-refractivity contribution in [1.29, 1.82) is 0 Å². The molecule has 2 heteroatoms. The molecular formula is C14H22FN. The summed E-state index contributed by atoms with van der Waals surface area (Å²) in [6.45, 7) is 6.25. The maximum absolute atomic E-state index is 13.1. The summed E-state index contributed by atoms with van der Waals surface area (Å²) < 4.78 is 13.1. The molecule has 1 rings (SSSR count). The van der Waals surface area contributed by atoms with E-state index in [0.29, 0.717) is 12.0 Å². The van der Waals surface area contributed by atoms with Gasteiger partial charge in [0.15, 0.2) is 0 Å². The van der Waals surface area contributed by atoms with Crippen LogP contribution in [0, 0.1) is 18.7 Å². The van der Waals surface area contributed by atoms with Gasteiger partial charge >= 0.3 is 0 Å². The second-order valence-electron chi connectivity index (χ2n) is 4.76. The zero-order valence-electron chi connectivity index (χ0n) is 10.7. The first-order chi connectivity index (χ1) is 7.54. The van der Waals surface area contributed by atoms with Crippen LogP contribution in [0.1, 0.15) is 31.4 Å². The van der Waals surface area contributed by atoms with Crippen LogP contribution in [0.4, 0.5) is 4.39 Å². The first-order valence-electron chi connectivity index (χ1n) is 5.97. The van der Waals surface area contributed by atoms with E-state index >= 15 is 0 Å². The Morgan fingerprint density at radius 3 is 2.50 bits per heavy atom. The van der Waals surface area contributed by atoms with Crippen LogP contribution >= 0.6 is 0 Å². The third-order valence-electron chi connectivity index (χ3n) is 3.14. The maximum atomic E-state index is 13.1. The van der Waals surface area contributed by atoms with Crippen LogP contribution < -0.4 is 5.32 Å². The van der Waals surface area contributed by atoms with Gasteiger partial charge < -0.3 is 5.32 Å². The highest BCUT2D eigenvalue weighted by Gasteiger charge is 2.10. The van der Waals surface area contributed by atoms with Crippen LogP contribution in [0.5, 0.6) is 0 Å². The third-order valence-corrected chi connectivity index (χ3v) is 3.14. The van der Waals surface area contributed by atoms with E-state index in [-0.39, 0.29) is 5.82 Å². The molecule has 0 aliphatic carbocycles. The lowest BCUT2D eigenvalue weighted by atomic mass is 9.96. The lowest BCUT2D eigenvalue weighted by Gasteiger charge is -2.20. The van der Waals surface area contributed by atoms with Gasteiger partial charge in [-0.1, -0.05) is 26.0 Å². The molecule has 0 radical (unpaired) electrons. The molecule has 1 unspecified atom stereocenters. The third kappa shape index (κ3) is 3.60. The SMILES string of the molecule is CNC(CCc1ccc(F)c(C)c1)C(C)C. The van der Waals surface area contributed by atoms with Gasteiger partial charge in [0, 0.05) is 6.04 Å². The van der Waals surface area contributed by atoms with Gasteiger partial charge in [0.2, 0.25) is 0 Å². The second-order valence-corrected chi connectivity index (χ2v) is 4.76. The van der Waals surface area contributed by atoms with Gasteiger partial charge in [0.05, 0.1) is 0 Å². The Bertz CT molecular complexity index is 334. The van der Waals surface area contributed by atoms with E-state index in [0.717, 1.165) is 18.4 Å². The Morgan fingerprint density at radius 2 is 2.00 bits per heavy atom. The first kappa shape index (κ1) is 13.2. The van der Waals surface area contributed by atoms with E-state index in [1.165, 1.54) is 5.56 Å². The van der Waals surface area contributed by atoms with Gasteiger partial charge in [-0.15, -0.1) is 0 Å². The molecule has 0 saturated heterocycles. The van der Waals surface area contributed by atoms with E-state index in [2.05, 4.69) is 19.2 Å². The summed E-state index contributed by atoms with van der Waals surface area (Å²) >= 11 is 0. The lowest BCUT2D eigenvalue weighted by Crippen LogP contribution is -2.31. The molecule has 16 heavy (non-hydrogen) atoms. The molecule has 1 atom stereocenters. The summed E-state index contributed by atoms with van der Waals surface area (Å²) in [6.07, 6.45) is 2.10. The van der Waals surface area contributed by atoms with Crippen LogP contribution in [-0.4, -0.2) is 13.1 Å². The molecular weight excluding hydrogens is 201 g/mol. The van der Waals surface area contributed by atoms with Crippen LogP contribution in [0.25, 0.3) is 0 Å². The summed E-state index contributed by atoms with van der Waals surface area (Å²) in [7, 11) is 2.00. The molecule has 1 aromatic carbocycles. The van der Waals surface area contributed by atoms with Crippen molar-refractivity contribution in [2.75, 3.05) is 7.05 Å². The van der Waals surface area contributed by atoms with Gasteiger partial charge in [0.1, 0.15) is 5.82 Å². The number of rotatable bonds is 5. The predicted octanol–water partition coefficient (Wildman–Crippen LogP) is 3.31. The molecule has 1 aromatic rings. The molecule has 0 aliphatic heterocycles. The van der Waals surface area contributed by atoms with Crippen molar-refractivity contribution >= 4 is 0 Å². The largest absolute Gasteiger partial charge is 0.317 e. The van der Waals surface area contributed by atoms with Crippen LogP contribution in [-0.2, 0) is 6.42 Å². The minimum atomic E-state index is -0.113. The molecule has 0 saturated carbocycles. The molecule has 0 heterocycles. The Morgan fingerprint density at radius 1 is 1.31 bits per heavy atom. The molecule has 0 amide bonds. The second kappa shape index (κ2) is 6.00. The average molecular weight is 223 g/mol. The predicted molar refractivity (Wildman–Crippen MR) is 67.1 cm³/mol. The highest BCUT2D eigenvalue weighted by atomic mass is 19.1. The maximum Gasteiger partial charge on any atom is 0.126 e. The Kier molecular flexibility index (Phi) is 4.94. The average Bonchev–Trinajstić information content (AvgIpc) is 2.23. The van der Waals surface area contributed by atoms with Gasteiger partial charge in [-0.25, -0.2) is 4.39 Å². The molecule has 90 valence electrons. The Hall–Kier alpha value is -0.890. The Balaban J connectivity index is 2.57. The van der Waals surface area contributed by atoms with E-state index in [1.54, 1.807) is 6.07 Å². The van der Waals surface area contributed by atoms with Crippen LogP contribution in [0.15, 0.2) is 18.2 Å². The zero-order valence-corrected chi connectivity index (χ0v) is 10.7. The van der Waals surface area contributed by atoms with Crippen molar-refractivity contribution in [3.05, 3.63) is 35.1 Å². The number of halogens is 1. The summed E-state index contributed by atoms with van der Waals surface area (Å²) in [5.41, 5.74) is 1.96. The van der Waals surface area contributed by atoms with Gasteiger partial charge in [-0.3, -0.25) is 0 Å². The minimum absolute atomic E-state index is 0.113. The fourth-order valence-electron chi connectivity index (χ4n) is 2.00. The van der Waals surface area contributed by atoms with E-state index in [1.807, 2.05) is 26.1 Å². The van der Waals surface area contributed by atoms with Gasteiger partial charge in [-0.05, 0) is 49.9 Å². The topological polar surface area (TPSA) is 12.0 Å². The van der Waals surface area contributed by atoms with Gasteiger partial charge in [0.25, 0.3) is 0 Å². The zero-order chi connectivity index (χ0) is 12.1. The normalized spacial score (nSPS) is 13.1. The van der Waals surface area contributed by atoms with Gasteiger partial charge in [-0.2, -0.15) is 0 Å². The minimum Gasteiger partial charge on any atom is -0.317 e. The van der Waals surface area contributed by atoms with Crippen molar-refractivity contribution in [2.45, 2.75) is 39.7 Å². The van der Waals surface area contributed by atoms with Crippen molar-refractivity contribution in [1.82, 2.24) is 5.32 Å². The number of hydrogen-bond acceptors (Lipinski definition) is 1. The highest BCUT2D eigenvalue weighted by Crippen LogP contribution is 2.14. The number of nitrogens with one attached hydrogen (secondary N) is 1. The summed E-state index contributed by atoms with van der Waals surface area (Å²) in [5, 5.41) is 3.32. The van der Waals surface area contributed by atoms with Crippen molar-refractivity contribution in [2.24, 2.45) is 5.92 Å². The molecule has 0 fully saturated rings. The van der Waals surface area contributed by atoms with Crippen molar-refractivity contribution in [3.8, 4) is 0 Å². The summed E-state index contributed by atoms with van der Waals surface area (Å²) in [4.78, 5) is 0. The molecule has 0 aliphatic rings. The molecule has 0 spiro atoms. The fraction of sp³-hybridized carbons (Fsp3) is 0.571. The highest BCUT2D eigenvalue weighted by molar-refractivity contribution is 5.24. The van der Waals surface area contributed by atoms with E-state index < -0.39 is 0 Å². The van der Waals surface area contributed by atoms with E-state index in [4.69, 9.17) is 0 Å². The van der Waals surface area contributed by atoms with Crippen molar-refractivity contribution in [3.63, 3.8) is 0 Å². The number of benzene rings is 1. The lowest BCUT2D eigenvalue weighted by molar-refractivity contribution is 0.403. The number of hydrogen-bond donors (Lipinski definition) is 1. The monoisotopic (exact) mass is 223 g/mol. The first-order valence-corrected chi connectivity index (χ1v) is 5.97. The van der Waals surface area contributed by atoms with E-state index in [9.17, 15) is 4.39 Å². The van der Waals surface area contributed by atoms with Crippen molar-refractivity contribution < 1.29 is 4.39 Å². The Labute approximate surface area is 98.1 Å². The summed E-state index contributed by atoms with van der Waals surface area (Å²) in [5.74, 6) is 0.518. The standard InChI is InChI=1S/C14H22FN/c1-10(2)14(16-4)8-6-12-5-7-13(15)11(3)9-12/h5,7,9-10,14,16H,6,8H2,1-4H3. The number of aryl methyl sites for hydroxylation is 2.